The highest BCUT2D eigenvalue weighted by atomic mass is 16.5. The van der Waals surface area contributed by atoms with Crippen LogP contribution in [0.15, 0.2) is 16.8 Å². The zero-order valence-electron chi connectivity index (χ0n) is 17.3. The highest BCUT2D eigenvalue weighted by Gasteiger charge is 2.58. The van der Waals surface area contributed by atoms with Crippen molar-refractivity contribution in [1.29, 1.82) is 0 Å². The maximum absolute atomic E-state index is 11.4. The van der Waals surface area contributed by atoms with Crippen molar-refractivity contribution in [2.75, 3.05) is 0 Å². The number of nitrogens with two attached hydrogens (primary N) is 1. The standard InChI is InChI=1S/C22H33N3O3/c1-13(26)28-15-8-10-21(2)14(12-15)4-5-16-17-6-7-19(24-25-20(23)27)22(17,3)11-9-18(16)21/h4,15-18H,5-12H2,1-3H3,(H3,23,25,27)/t15-,16+,17-,18+,21+,22+/m1/s1. The molecule has 0 heterocycles. The predicted octanol–water partition coefficient (Wildman–Crippen LogP) is 3.91. The Bertz CT molecular complexity index is 745. The predicted molar refractivity (Wildman–Crippen MR) is 107 cm³/mol. The number of esters is 1. The average molecular weight is 388 g/mol. The molecule has 28 heavy (non-hydrogen) atoms. The summed E-state index contributed by atoms with van der Waals surface area (Å²) >= 11 is 0. The fraction of sp³-hybridized carbons (Fsp3) is 0.773. The zero-order chi connectivity index (χ0) is 20.1. The molecule has 6 nitrogen and oxygen atoms in total. The molecule has 4 aliphatic carbocycles. The number of carbonyl (C=O) groups excluding carboxylic acids is 2. The van der Waals surface area contributed by atoms with Crippen LogP contribution in [-0.2, 0) is 9.53 Å². The van der Waals surface area contributed by atoms with E-state index in [1.165, 1.54) is 18.9 Å². The van der Waals surface area contributed by atoms with E-state index in [4.69, 9.17) is 10.5 Å². The van der Waals surface area contributed by atoms with Crippen LogP contribution in [0.25, 0.3) is 0 Å². The van der Waals surface area contributed by atoms with Crippen LogP contribution in [0.5, 0.6) is 0 Å². The molecule has 4 rings (SSSR count). The summed E-state index contributed by atoms with van der Waals surface area (Å²) in [7, 11) is 0. The second-order valence-corrected chi connectivity index (χ2v) is 9.76. The van der Waals surface area contributed by atoms with Crippen LogP contribution in [0.3, 0.4) is 0 Å². The van der Waals surface area contributed by atoms with Gasteiger partial charge in [0, 0.05) is 24.5 Å². The smallest absolute Gasteiger partial charge is 0.332 e. The topological polar surface area (TPSA) is 93.8 Å². The number of primary amides is 1. The van der Waals surface area contributed by atoms with E-state index in [1.54, 1.807) is 0 Å². The molecule has 0 unspecified atom stereocenters. The lowest BCUT2D eigenvalue weighted by Gasteiger charge is -2.57. The maximum atomic E-state index is 11.4. The van der Waals surface area contributed by atoms with Crippen LogP contribution in [0.4, 0.5) is 4.79 Å². The molecule has 3 saturated carbocycles. The molecule has 6 heteroatoms. The number of nitrogens with one attached hydrogen (secondary N) is 1. The number of urea groups is 1. The molecule has 0 spiro atoms. The third-order valence-electron chi connectivity index (χ3n) is 8.43. The van der Waals surface area contributed by atoms with Crippen molar-refractivity contribution >= 4 is 17.7 Å². The molecule has 3 fully saturated rings. The summed E-state index contributed by atoms with van der Waals surface area (Å²) in [6.45, 7) is 6.29. The van der Waals surface area contributed by atoms with E-state index < -0.39 is 6.03 Å². The second kappa shape index (κ2) is 6.89. The number of ether oxygens (including phenoxy) is 1. The zero-order valence-corrected chi connectivity index (χ0v) is 17.3. The fourth-order valence-corrected chi connectivity index (χ4v) is 7.06. The van der Waals surface area contributed by atoms with Crippen LogP contribution >= 0.6 is 0 Å². The summed E-state index contributed by atoms with van der Waals surface area (Å²) in [5.74, 6) is 1.80. The Kier molecular flexibility index (Phi) is 4.79. The van der Waals surface area contributed by atoms with Crippen LogP contribution in [0, 0.1) is 28.6 Å². The van der Waals surface area contributed by atoms with E-state index >= 15 is 0 Å². The first-order valence-electron chi connectivity index (χ1n) is 10.7. The first kappa shape index (κ1) is 19.5. The van der Waals surface area contributed by atoms with Crippen molar-refractivity contribution in [1.82, 2.24) is 5.43 Å². The minimum atomic E-state index is -0.587. The van der Waals surface area contributed by atoms with E-state index in [9.17, 15) is 9.59 Å². The summed E-state index contributed by atoms with van der Waals surface area (Å²) in [6, 6.07) is -0.587. The third-order valence-corrected chi connectivity index (χ3v) is 8.43. The van der Waals surface area contributed by atoms with Crippen molar-refractivity contribution in [3.05, 3.63) is 11.6 Å². The van der Waals surface area contributed by atoms with Crippen molar-refractivity contribution in [2.24, 2.45) is 39.4 Å². The number of carbonyl (C=O) groups is 2. The van der Waals surface area contributed by atoms with E-state index in [0.29, 0.717) is 17.8 Å². The second-order valence-electron chi connectivity index (χ2n) is 9.76. The van der Waals surface area contributed by atoms with Gasteiger partial charge in [0.25, 0.3) is 0 Å². The highest BCUT2D eigenvalue weighted by molar-refractivity contribution is 5.93. The molecule has 0 aromatic carbocycles. The number of hydrogen-bond donors (Lipinski definition) is 2. The van der Waals surface area contributed by atoms with Gasteiger partial charge in [0.05, 0.1) is 0 Å². The molecular weight excluding hydrogens is 354 g/mol. The highest BCUT2D eigenvalue weighted by Crippen LogP contribution is 2.64. The van der Waals surface area contributed by atoms with Gasteiger partial charge in [-0.15, -0.1) is 0 Å². The number of amides is 2. The molecule has 0 aliphatic heterocycles. The number of nitrogens with zero attached hydrogens (tertiary/aromatic N) is 1. The molecule has 154 valence electrons. The molecule has 0 saturated heterocycles. The average Bonchev–Trinajstić information content (AvgIpc) is 2.96. The lowest BCUT2D eigenvalue weighted by Crippen LogP contribution is -2.50. The van der Waals surface area contributed by atoms with Gasteiger partial charge in [-0.05, 0) is 68.1 Å². The number of fused-ring (bicyclic) bond motifs is 5. The van der Waals surface area contributed by atoms with Gasteiger partial charge in [-0.2, -0.15) is 5.10 Å². The van der Waals surface area contributed by atoms with Crippen molar-refractivity contribution in [3.8, 4) is 0 Å². The molecular formula is C22H33N3O3. The van der Waals surface area contributed by atoms with E-state index in [1.807, 2.05) is 0 Å². The van der Waals surface area contributed by atoms with E-state index in [-0.39, 0.29) is 22.9 Å². The Balaban J connectivity index is 1.56. The molecule has 6 atom stereocenters. The Labute approximate surface area is 167 Å². The van der Waals surface area contributed by atoms with Crippen LogP contribution in [0.1, 0.15) is 72.1 Å². The van der Waals surface area contributed by atoms with Crippen molar-refractivity contribution in [3.63, 3.8) is 0 Å². The molecule has 3 N–H and O–H groups in total. The quantitative estimate of drug-likeness (QED) is 0.427. The molecule has 0 bridgehead atoms. The molecule has 0 aromatic heterocycles. The Morgan fingerprint density at radius 1 is 1.18 bits per heavy atom. The molecule has 2 amide bonds. The van der Waals surface area contributed by atoms with Crippen molar-refractivity contribution < 1.29 is 14.3 Å². The summed E-state index contributed by atoms with van der Waals surface area (Å²) in [5, 5.41) is 4.38. The van der Waals surface area contributed by atoms with Crippen LogP contribution < -0.4 is 11.2 Å². The van der Waals surface area contributed by atoms with Crippen LogP contribution in [-0.4, -0.2) is 23.8 Å². The normalized spacial score (nSPS) is 43.4. The first-order valence-corrected chi connectivity index (χ1v) is 10.7. The van der Waals surface area contributed by atoms with Crippen molar-refractivity contribution in [2.45, 2.75) is 78.2 Å². The lowest BCUT2D eigenvalue weighted by molar-refractivity contribution is -0.148. The monoisotopic (exact) mass is 387 g/mol. The van der Waals surface area contributed by atoms with Gasteiger partial charge < -0.3 is 10.5 Å². The van der Waals surface area contributed by atoms with Gasteiger partial charge in [0.2, 0.25) is 0 Å². The Morgan fingerprint density at radius 2 is 1.89 bits per heavy atom. The summed E-state index contributed by atoms with van der Waals surface area (Å²) in [4.78, 5) is 22.5. The first-order chi connectivity index (χ1) is 13.2. The largest absolute Gasteiger partial charge is 0.462 e. The summed E-state index contributed by atoms with van der Waals surface area (Å²) < 4.78 is 5.53. The molecule has 0 radical (unpaired) electrons. The van der Waals surface area contributed by atoms with Crippen LogP contribution in [0.2, 0.25) is 0 Å². The van der Waals surface area contributed by atoms with Gasteiger partial charge in [-0.1, -0.05) is 25.5 Å². The molecule has 4 aliphatic rings. The number of hydrazone groups is 1. The third kappa shape index (κ3) is 3.05. The van der Waals surface area contributed by atoms with E-state index in [2.05, 4.69) is 30.5 Å². The summed E-state index contributed by atoms with van der Waals surface area (Å²) in [6.07, 6.45) is 11.0. The Morgan fingerprint density at radius 3 is 2.61 bits per heavy atom. The lowest BCUT2D eigenvalue weighted by atomic mass is 9.48. The fourth-order valence-electron chi connectivity index (χ4n) is 7.06. The SMILES string of the molecule is CC(=O)O[C@@H]1CC[C@@]2(C)C(=CC[C@H]3[C@H]4CCC(=NNC(N)=O)[C@@]4(C)CC[C@@H]32)C1. The number of hydrogen-bond acceptors (Lipinski definition) is 4. The van der Waals surface area contributed by atoms with Gasteiger partial charge in [-0.25, -0.2) is 10.2 Å². The summed E-state index contributed by atoms with van der Waals surface area (Å²) in [5.41, 5.74) is 10.6. The van der Waals surface area contributed by atoms with Gasteiger partial charge in [-0.3, -0.25) is 4.79 Å². The minimum Gasteiger partial charge on any atom is -0.462 e. The minimum absolute atomic E-state index is 0.0484. The van der Waals surface area contributed by atoms with Gasteiger partial charge >= 0.3 is 12.0 Å². The number of allylic oxidation sites excluding steroid dienone is 1. The van der Waals surface area contributed by atoms with Gasteiger partial charge in [0.1, 0.15) is 6.10 Å². The van der Waals surface area contributed by atoms with Gasteiger partial charge in [0.15, 0.2) is 0 Å². The van der Waals surface area contributed by atoms with E-state index in [0.717, 1.165) is 50.7 Å². The Hall–Kier alpha value is -1.85. The number of rotatable bonds is 2. The maximum Gasteiger partial charge on any atom is 0.332 e. The molecule has 0 aromatic rings.